The van der Waals surface area contributed by atoms with Crippen molar-refractivity contribution < 1.29 is 14.3 Å². The Bertz CT molecular complexity index is 1420. The number of anilines is 1. The number of aromatic nitrogens is 5. The summed E-state index contributed by atoms with van der Waals surface area (Å²) in [6.45, 7) is 18.7. The van der Waals surface area contributed by atoms with Crippen LogP contribution in [0.4, 0.5) is 10.6 Å². The van der Waals surface area contributed by atoms with E-state index in [1.807, 2.05) is 124 Å². The molecule has 10 heteroatoms. The SMILES string of the molecule is C#C/C=C\C.C/C=C/C.CC.CCCN(CCCC=O)C(=O)OC(C)(C)C.Cn1ccc(-c2ccc3cn[nH]c3c2)cc(N)ncn1. The molecule has 1 amide bonds. The molecular formula is C37H57N7O3. The number of carbonyl (C=O) groups is 2. The number of carbonyl (C=O) groups excluding carboxylic acids is 2. The van der Waals surface area contributed by atoms with Crippen LogP contribution in [0.25, 0.3) is 22.0 Å². The molecule has 0 spiro atoms. The van der Waals surface area contributed by atoms with Gasteiger partial charge in [-0.3, -0.25) is 9.78 Å². The van der Waals surface area contributed by atoms with Crippen LogP contribution in [-0.2, 0) is 16.6 Å². The Morgan fingerprint density at radius 1 is 1.09 bits per heavy atom. The van der Waals surface area contributed by atoms with Gasteiger partial charge in [0.2, 0.25) is 0 Å². The summed E-state index contributed by atoms with van der Waals surface area (Å²) in [4.78, 5) is 27.7. The molecule has 0 fully saturated rings. The molecule has 0 aliphatic rings. The third kappa shape index (κ3) is 22.3. The largest absolute Gasteiger partial charge is 0.444 e. The monoisotopic (exact) mass is 647 g/mol. The number of nitrogens with two attached hydrogens (primary N) is 1. The fourth-order valence-electron chi connectivity index (χ4n) is 3.29. The second kappa shape index (κ2) is 27.4. The molecule has 0 aliphatic heterocycles. The number of amides is 1. The summed E-state index contributed by atoms with van der Waals surface area (Å²) in [5, 5.41) is 12.1. The maximum atomic E-state index is 11.8. The van der Waals surface area contributed by atoms with E-state index < -0.39 is 5.60 Å². The lowest BCUT2D eigenvalue weighted by molar-refractivity contribution is -0.108. The smallest absolute Gasteiger partial charge is 0.410 e. The first-order valence-corrected chi connectivity index (χ1v) is 15.9. The summed E-state index contributed by atoms with van der Waals surface area (Å²) in [6, 6.07) is 9.84. The molecule has 0 aliphatic carbocycles. The number of aryl methyl sites for hydroxylation is 1. The maximum Gasteiger partial charge on any atom is 0.410 e. The Hall–Kier alpha value is -4.91. The molecule has 0 saturated heterocycles. The number of unbranched alkanes of at least 4 members (excludes halogenated alkanes) is 1. The molecule has 3 N–H and O–H groups in total. The summed E-state index contributed by atoms with van der Waals surface area (Å²) in [7, 11) is 1.83. The van der Waals surface area contributed by atoms with Gasteiger partial charge in [0.05, 0.1) is 11.7 Å². The van der Waals surface area contributed by atoms with E-state index in [-0.39, 0.29) is 6.09 Å². The molecule has 3 rings (SSSR count). The quantitative estimate of drug-likeness (QED) is 0.114. The van der Waals surface area contributed by atoms with Crippen LogP contribution in [0.3, 0.4) is 0 Å². The van der Waals surface area contributed by atoms with E-state index in [0.29, 0.717) is 31.7 Å². The highest BCUT2D eigenvalue weighted by molar-refractivity contribution is 5.83. The number of H-pyrrole nitrogens is 1. The van der Waals surface area contributed by atoms with Gasteiger partial charge in [-0.15, -0.1) is 6.42 Å². The topological polar surface area (TPSA) is 132 Å². The highest BCUT2D eigenvalue weighted by Crippen LogP contribution is 2.23. The van der Waals surface area contributed by atoms with E-state index in [9.17, 15) is 9.59 Å². The number of nitrogens with one attached hydrogen (secondary N) is 1. The summed E-state index contributed by atoms with van der Waals surface area (Å²) >= 11 is 0. The summed E-state index contributed by atoms with van der Waals surface area (Å²) < 4.78 is 6.95. The minimum Gasteiger partial charge on any atom is -0.444 e. The van der Waals surface area contributed by atoms with Crippen LogP contribution in [0.2, 0.25) is 0 Å². The zero-order valence-electron chi connectivity index (χ0n) is 30.2. The van der Waals surface area contributed by atoms with Crippen molar-refractivity contribution in [2.75, 3.05) is 18.8 Å². The van der Waals surface area contributed by atoms with Crippen molar-refractivity contribution in [2.24, 2.45) is 7.05 Å². The van der Waals surface area contributed by atoms with Crippen molar-refractivity contribution in [2.45, 2.75) is 87.2 Å². The minimum absolute atomic E-state index is 0.291. The lowest BCUT2D eigenvalue weighted by Gasteiger charge is -2.27. The van der Waals surface area contributed by atoms with E-state index in [1.54, 1.807) is 21.9 Å². The molecule has 0 unspecified atom stereocenters. The number of nitrogen functional groups attached to an aromatic ring is 1. The third-order valence-corrected chi connectivity index (χ3v) is 5.48. The number of nitrogens with zero attached hydrogens (tertiary/aromatic N) is 5. The van der Waals surface area contributed by atoms with E-state index in [4.69, 9.17) is 16.9 Å². The number of terminal acetylenes is 1. The molecule has 0 saturated carbocycles. The molecule has 2 heterocycles. The van der Waals surface area contributed by atoms with Crippen LogP contribution in [0.15, 0.2) is 73.4 Å². The lowest BCUT2D eigenvalue weighted by atomic mass is 10.1. The van der Waals surface area contributed by atoms with Gasteiger partial charge < -0.3 is 20.2 Å². The minimum atomic E-state index is -0.465. The van der Waals surface area contributed by atoms with Crippen molar-refractivity contribution in [1.82, 2.24) is 29.9 Å². The van der Waals surface area contributed by atoms with E-state index in [1.165, 1.54) is 6.33 Å². The van der Waals surface area contributed by atoms with Crippen LogP contribution in [-0.4, -0.2) is 60.9 Å². The van der Waals surface area contributed by atoms with Gasteiger partial charge in [0, 0.05) is 38.1 Å². The normalized spacial score (nSPS) is 9.98. The second-order valence-corrected chi connectivity index (χ2v) is 10.6. The molecule has 3 aromatic rings. The number of aldehydes is 1. The maximum absolute atomic E-state index is 11.8. The third-order valence-electron chi connectivity index (χ3n) is 5.48. The Morgan fingerprint density at radius 2 is 1.74 bits per heavy atom. The van der Waals surface area contributed by atoms with Gasteiger partial charge in [0.15, 0.2) is 0 Å². The fraction of sp³-hybridized carbons (Fsp3) is 0.432. The summed E-state index contributed by atoms with van der Waals surface area (Å²) in [6.07, 6.45) is 20.0. The molecule has 10 nitrogen and oxygen atoms in total. The van der Waals surface area contributed by atoms with Gasteiger partial charge in [0.25, 0.3) is 0 Å². The number of aromatic amines is 1. The number of hydrogen-bond acceptors (Lipinski definition) is 7. The average molecular weight is 648 g/mol. The van der Waals surface area contributed by atoms with Crippen LogP contribution in [0, 0.1) is 12.3 Å². The average Bonchev–Trinajstić information content (AvgIpc) is 3.54. The Balaban J connectivity index is 0. The highest BCUT2D eigenvalue weighted by atomic mass is 16.6. The van der Waals surface area contributed by atoms with Crippen LogP contribution < -0.4 is 5.73 Å². The molecule has 0 radical (unpaired) electrons. The van der Waals surface area contributed by atoms with Crippen LogP contribution in [0.1, 0.15) is 81.6 Å². The van der Waals surface area contributed by atoms with Crippen molar-refractivity contribution in [3.63, 3.8) is 0 Å². The van der Waals surface area contributed by atoms with Crippen molar-refractivity contribution >= 4 is 29.1 Å². The molecular weight excluding hydrogens is 590 g/mol. The van der Waals surface area contributed by atoms with Gasteiger partial charge in [0.1, 0.15) is 24.0 Å². The first kappa shape index (κ1) is 44.2. The first-order valence-electron chi connectivity index (χ1n) is 15.9. The van der Waals surface area contributed by atoms with Crippen LogP contribution in [0.5, 0.6) is 0 Å². The Morgan fingerprint density at radius 3 is 2.28 bits per heavy atom. The molecule has 0 bridgehead atoms. The molecule has 2 aromatic heterocycles. The van der Waals surface area contributed by atoms with Gasteiger partial charge in [-0.2, -0.15) is 10.2 Å². The van der Waals surface area contributed by atoms with E-state index >= 15 is 0 Å². The van der Waals surface area contributed by atoms with E-state index in [0.717, 1.165) is 34.7 Å². The lowest BCUT2D eigenvalue weighted by Crippen LogP contribution is -2.37. The number of benzene rings is 1. The number of rotatable bonds is 7. The molecule has 1 aromatic carbocycles. The molecule has 0 atom stereocenters. The van der Waals surface area contributed by atoms with Gasteiger partial charge in [-0.1, -0.05) is 57.1 Å². The van der Waals surface area contributed by atoms with Gasteiger partial charge in [-0.05, 0) is 89.8 Å². The predicted octanol–water partition coefficient (Wildman–Crippen LogP) is 8.48. The number of ether oxygens (including phenoxy) is 1. The molecule has 47 heavy (non-hydrogen) atoms. The van der Waals surface area contributed by atoms with Crippen molar-refractivity contribution in [3.8, 4) is 23.5 Å². The van der Waals surface area contributed by atoms with Crippen LogP contribution >= 0.6 is 0 Å². The van der Waals surface area contributed by atoms with Gasteiger partial charge >= 0.3 is 6.09 Å². The van der Waals surface area contributed by atoms with E-state index in [2.05, 4.69) is 26.2 Å². The van der Waals surface area contributed by atoms with Gasteiger partial charge in [-0.25, -0.2) is 9.78 Å². The summed E-state index contributed by atoms with van der Waals surface area (Å²) in [5.74, 6) is 2.75. The second-order valence-electron chi connectivity index (χ2n) is 10.6. The standard InChI is InChI=1S/C14H14N6.C12H23NO3.C5H6.C4H8.C2H6/c1-20-5-4-11(7-14(15)16-9-18-20)10-2-3-12-8-17-19-13(12)6-10;1-5-8-13(9-6-7-10-14)11(15)16-12(2,3)4;1-3-5-4-2;1-3-4-2;1-2/h2-9H,1H3,(H,17,19)(H2,15,16,18);10H,5-9H2,1-4H3;1,4-5H,2H3;3-4H,1-2H3;1-2H3/b;;5-4-;4-3+;. The van der Waals surface area contributed by atoms with Crippen molar-refractivity contribution in [1.29, 1.82) is 0 Å². The summed E-state index contributed by atoms with van der Waals surface area (Å²) in [5.41, 5.74) is 8.36. The Labute approximate surface area is 282 Å². The fourth-order valence-corrected chi connectivity index (χ4v) is 3.29. The first-order chi connectivity index (χ1) is 22.5. The zero-order chi connectivity index (χ0) is 36.1. The molecule has 258 valence electrons. The Kier molecular flexibility index (Phi) is 25.8. The van der Waals surface area contributed by atoms with Crippen molar-refractivity contribution in [3.05, 3.63) is 73.4 Å². The zero-order valence-corrected chi connectivity index (χ0v) is 30.2. The predicted molar refractivity (Wildman–Crippen MR) is 197 cm³/mol. The number of fused-ring (bicyclic) bond motifs is 1. The highest BCUT2D eigenvalue weighted by Gasteiger charge is 2.21. The number of allylic oxidation sites excluding steroid dienone is 4. The number of hydrogen-bond donors (Lipinski definition) is 2.